The van der Waals surface area contributed by atoms with E-state index in [-0.39, 0.29) is 18.2 Å². The van der Waals surface area contributed by atoms with Gasteiger partial charge in [-0.25, -0.2) is 14.3 Å². The molecule has 25 heavy (non-hydrogen) atoms. The van der Waals surface area contributed by atoms with E-state index >= 15 is 0 Å². The van der Waals surface area contributed by atoms with E-state index in [9.17, 15) is 9.59 Å². The van der Waals surface area contributed by atoms with Crippen LogP contribution in [0.3, 0.4) is 0 Å². The van der Waals surface area contributed by atoms with E-state index in [0.29, 0.717) is 11.3 Å². The standard InChI is InChI=1S/C18H18N4O3/c1-10-5-6-14(11(2)7-10)15(23)9-25-17(24)16-20-18-19-12(3)8-13(4)22(18)21-16/h5-8H,9H2,1-4H3. The molecule has 0 radical (unpaired) electrons. The first kappa shape index (κ1) is 16.8. The highest BCUT2D eigenvalue weighted by molar-refractivity contribution is 6.00. The lowest BCUT2D eigenvalue weighted by atomic mass is 10.0. The minimum atomic E-state index is -0.749. The number of ketones is 1. The molecule has 0 fully saturated rings. The Kier molecular flexibility index (Phi) is 4.31. The van der Waals surface area contributed by atoms with E-state index in [4.69, 9.17) is 4.74 Å². The monoisotopic (exact) mass is 338 g/mol. The fourth-order valence-electron chi connectivity index (χ4n) is 2.65. The van der Waals surface area contributed by atoms with Crippen molar-refractivity contribution in [1.82, 2.24) is 19.6 Å². The van der Waals surface area contributed by atoms with Crippen LogP contribution in [0.1, 0.15) is 43.5 Å². The van der Waals surface area contributed by atoms with Crippen molar-refractivity contribution in [2.24, 2.45) is 0 Å². The molecule has 0 saturated carbocycles. The van der Waals surface area contributed by atoms with Crippen molar-refractivity contribution in [2.45, 2.75) is 27.7 Å². The number of aromatic nitrogens is 4. The van der Waals surface area contributed by atoms with Crippen LogP contribution in [0.15, 0.2) is 24.3 Å². The summed E-state index contributed by atoms with van der Waals surface area (Å²) in [4.78, 5) is 32.7. The van der Waals surface area contributed by atoms with Gasteiger partial charge in [0.05, 0.1) is 0 Å². The van der Waals surface area contributed by atoms with Crippen molar-refractivity contribution in [2.75, 3.05) is 6.61 Å². The second-order valence-electron chi connectivity index (χ2n) is 6.00. The van der Waals surface area contributed by atoms with Crippen LogP contribution in [0.25, 0.3) is 5.78 Å². The van der Waals surface area contributed by atoms with Gasteiger partial charge >= 0.3 is 5.97 Å². The number of benzene rings is 1. The maximum Gasteiger partial charge on any atom is 0.378 e. The highest BCUT2D eigenvalue weighted by Crippen LogP contribution is 2.12. The fourth-order valence-corrected chi connectivity index (χ4v) is 2.65. The number of aryl methyl sites for hydroxylation is 4. The van der Waals surface area contributed by atoms with Gasteiger partial charge < -0.3 is 4.74 Å². The van der Waals surface area contributed by atoms with Gasteiger partial charge in [-0.3, -0.25) is 4.79 Å². The van der Waals surface area contributed by atoms with Crippen LogP contribution in [-0.2, 0) is 4.74 Å². The molecule has 0 atom stereocenters. The summed E-state index contributed by atoms with van der Waals surface area (Å²) in [7, 11) is 0. The van der Waals surface area contributed by atoms with Gasteiger partial charge in [0.25, 0.3) is 11.6 Å². The molecule has 0 bridgehead atoms. The number of nitrogens with zero attached hydrogens (tertiary/aromatic N) is 4. The van der Waals surface area contributed by atoms with Crippen LogP contribution in [0.2, 0.25) is 0 Å². The Bertz CT molecular complexity index is 991. The summed E-state index contributed by atoms with van der Waals surface area (Å²) in [5, 5.41) is 4.09. The third-order valence-electron chi connectivity index (χ3n) is 3.82. The molecule has 0 aliphatic heterocycles. The van der Waals surface area contributed by atoms with Gasteiger partial charge in [0, 0.05) is 17.0 Å². The van der Waals surface area contributed by atoms with Crippen molar-refractivity contribution in [3.8, 4) is 0 Å². The van der Waals surface area contributed by atoms with E-state index < -0.39 is 5.97 Å². The number of rotatable bonds is 4. The van der Waals surface area contributed by atoms with Gasteiger partial charge in [-0.05, 0) is 39.3 Å². The zero-order valence-corrected chi connectivity index (χ0v) is 14.5. The van der Waals surface area contributed by atoms with E-state index in [1.54, 1.807) is 6.07 Å². The summed E-state index contributed by atoms with van der Waals surface area (Å²) >= 11 is 0. The average Bonchev–Trinajstić information content (AvgIpc) is 2.96. The molecule has 0 aliphatic rings. The van der Waals surface area contributed by atoms with Crippen LogP contribution in [0, 0.1) is 27.7 Å². The predicted molar refractivity (Wildman–Crippen MR) is 90.8 cm³/mol. The molecule has 0 unspecified atom stereocenters. The number of fused-ring (bicyclic) bond motifs is 1. The predicted octanol–water partition coefficient (Wildman–Crippen LogP) is 2.40. The van der Waals surface area contributed by atoms with Gasteiger partial charge in [-0.2, -0.15) is 4.98 Å². The van der Waals surface area contributed by atoms with Crippen molar-refractivity contribution < 1.29 is 14.3 Å². The molecule has 128 valence electrons. The fraction of sp³-hybridized carbons (Fsp3) is 0.278. The number of esters is 1. The number of ether oxygens (including phenoxy) is 1. The first-order valence-corrected chi connectivity index (χ1v) is 7.84. The molecular weight excluding hydrogens is 320 g/mol. The van der Waals surface area contributed by atoms with E-state index in [1.165, 1.54) is 4.52 Å². The maximum atomic E-state index is 12.2. The molecule has 0 spiro atoms. The van der Waals surface area contributed by atoms with E-state index in [0.717, 1.165) is 22.5 Å². The van der Waals surface area contributed by atoms with Crippen LogP contribution in [0.5, 0.6) is 0 Å². The molecular formula is C18H18N4O3. The number of Topliss-reactive ketones (excluding diaryl/α,β-unsaturated/α-hetero) is 1. The Morgan fingerprint density at radius 2 is 1.84 bits per heavy atom. The van der Waals surface area contributed by atoms with Crippen LogP contribution >= 0.6 is 0 Å². The zero-order chi connectivity index (χ0) is 18.1. The third kappa shape index (κ3) is 3.40. The summed E-state index contributed by atoms with van der Waals surface area (Å²) in [6.07, 6.45) is 0. The second-order valence-corrected chi connectivity index (χ2v) is 6.00. The topological polar surface area (TPSA) is 86.5 Å². The molecule has 0 amide bonds. The average molecular weight is 338 g/mol. The molecule has 3 rings (SSSR count). The Labute approximate surface area is 144 Å². The molecule has 0 aliphatic carbocycles. The van der Waals surface area contributed by atoms with E-state index in [2.05, 4.69) is 15.1 Å². The molecule has 0 saturated heterocycles. The first-order valence-electron chi connectivity index (χ1n) is 7.84. The zero-order valence-electron chi connectivity index (χ0n) is 14.5. The lowest BCUT2D eigenvalue weighted by molar-refractivity contribution is 0.0462. The highest BCUT2D eigenvalue weighted by atomic mass is 16.5. The number of hydrogen-bond donors (Lipinski definition) is 0. The van der Waals surface area contributed by atoms with Gasteiger partial charge in [-0.15, -0.1) is 5.10 Å². The minimum Gasteiger partial charge on any atom is -0.451 e. The summed E-state index contributed by atoms with van der Waals surface area (Å²) < 4.78 is 6.54. The summed E-state index contributed by atoms with van der Waals surface area (Å²) in [5.74, 6) is -0.805. The van der Waals surface area contributed by atoms with E-state index in [1.807, 2.05) is 45.9 Å². The molecule has 2 aromatic heterocycles. The van der Waals surface area contributed by atoms with Crippen LogP contribution in [-0.4, -0.2) is 37.9 Å². The third-order valence-corrected chi connectivity index (χ3v) is 3.82. The SMILES string of the molecule is Cc1ccc(C(=O)COC(=O)c2nc3nc(C)cc(C)n3n2)c(C)c1. The quantitative estimate of drug-likeness (QED) is 0.536. The second kappa shape index (κ2) is 6.43. The Balaban J connectivity index is 1.74. The minimum absolute atomic E-state index is 0.116. The van der Waals surface area contributed by atoms with Crippen molar-refractivity contribution >= 4 is 17.5 Å². The van der Waals surface area contributed by atoms with Crippen molar-refractivity contribution in [1.29, 1.82) is 0 Å². The normalized spacial score (nSPS) is 10.9. The van der Waals surface area contributed by atoms with Gasteiger partial charge in [0.1, 0.15) is 0 Å². The number of carbonyl (C=O) groups excluding carboxylic acids is 2. The van der Waals surface area contributed by atoms with Crippen molar-refractivity contribution in [3.05, 3.63) is 58.2 Å². The largest absolute Gasteiger partial charge is 0.451 e. The first-order chi connectivity index (χ1) is 11.8. The number of carbonyl (C=O) groups is 2. The lowest BCUT2D eigenvalue weighted by Gasteiger charge is -2.06. The van der Waals surface area contributed by atoms with Crippen LogP contribution < -0.4 is 0 Å². The van der Waals surface area contributed by atoms with Crippen LogP contribution in [0.4, 0.5) is 0 Å². The molecule has 1 aromatic carbocycles. The lowest BCUT2D eigenvalue weighted by Crippen LogP contribution is -2.16. The molecule has 7 heteroatoms. The molecule has 2 heterocycles. The summed E-state index contributed by atoms with van der Waals surface area (Å²) in [5.41, 5.74) is 4.04. The summed E-state index contributed by atoms with van der Waals surface area (Å²) in [6, 6.07) is 7.33. The Morgan fingerprint density at radius 3 is 2.56 bits per heavy atom. The molecule has 7 nitrogen and oxygen atoms in total. The van der Waals surface area contributed by atoms with Gasteiger partial charge in [-0.1, -0.05) is 23.8 Å². The molecule has 0 N–H and O–H groups in total. The number of hydrogen-bond acceptors (Lipinski definition) is 6. The summed E-state index contributed by atoms with van der Waals surface area (Å²) in [6.45, 7) is 7.12. The Morgan fingerprint density at radius 1 is 1.08 bits per heavy atom. The highest BCUT2D eigenvalue weighted by Gasteiger charge is 2.18. The maximum absolute atomic E-state index is 12.2. The van der Waals surface area contributed by atoms with Gasteiger partial charge in [0.2, 0.25) is 5.78 Å². The smallest absolute Gasteiger partial charge is 0.378 e. The van der Waals surface area contributed by atoms with Crippen molar-refractivity contribution in [3.63, 3.8) is 0 Å². The Hall–Kier alpha value is -3.09. The molecule has 3 aromatic rings. The van der Waals surface area contributed by atoms with Gasteiger partial charge in [0.15, 0.2) is 6.61 Å².